The quantitative estimate of drug-likeness (QED) is 0.626. The van der Waals surface area contributed by atoms with Crippen molar-refractivity contribution < 1.29 is 4.74 Å². The van der Waals surface area contributed by atoms with Gasteiger partial charge in [0.25, 0.3) is 0 Å². The zero-order chi connectivity index (χ0) is 14.1. The summed E-state index contributed by atoms with van der Waals surface area (Å²) in [5.74, 6) is 0.795. The summed E-state index contributed by atoms with van der Waals surface area (Å²) in [6, 6.07) is 10.6. The number of nitriles is 2. The van der Waals surface area contributed by atoms with Crippen LogP contribution in [-0.4, -0.2) is 11.8 Å². The first-order valence-electron chi connectivity index (χ1n) is 6.14. The lowest BCUT2D eigenvalue weighted by Gasteiger charge is -2.15. The van der Waals surface area contributed by atoms with Crippen LogP contribution in [0.25, 0.3) is 0 Å². The molecule has 0 atom stereocenters. The van der Waals surface area contributed by atoms with E-state index in [1.165, 1.54) is 0 Å². The number of anilines is 1. The van der Waals surface area contributed by atoms with Crippen LogP contribution in [0.1, 0.15) is 26.7 Å². The van der Waals surface area contributed by atoms with Crippen LogP contribution in [0.15, 0.2) is 29.4 Å². The van der Waals surface area contributed by atoms with E-state index in [1.54, 1.807) is 24.3 Å². The summed E-state index contributed by atoms with van der Waals surface area (Å²) in [5.41, 5.74) is 3.13. The Kier molecular flexibility index (Phi) is 5.91. The second-order valence-corrected chi connectivity index (χ2v) is 3.88. The average molecular weight is 256 g/mol. The van der Waals surface area contributed by atoms with E-state index >= 15 is 0 Å². The summed E-state index contributed by atoms with van der Waals surface area (Å²) in [6.45, 7) is 4.17. The van der Waals surface area contributed by atoms with Crippen LogP contribution in [0, 0.1) is 22.7 Å². The summed E-state index contributed by atoms with van der Waals surface area (Å²) in [4.78, 5) is 0. The maximum atomic E-state index is 8.54. The number of nitrogens with one attached hydrogen (secondary N) is 1. The van der Waals surface area contributed by atoms with E-state index in [9.17, 15) is 0 Å². The molecule has 5 nitrogen and oxygen atoms in total. The smallest absolute Gasteiger partial charge is 0.237 e. The normalized spacial score (nSPS) is 9.32. The summed E-state index contributed by atoms with van der Waals surface area (Å²) < 4.78 is 5.77. The Hall–Kier alpha value is -2.53. The molecule has 5 heteroatoms. The first-order valence-corrected chi connectivity index (χ1v) is 6.14. The molecule has 1 aromatic rings. The Morgan fingerprint density at radius 3 is 2.26 bits per heavy atom. The minimum Gasteiger partial charge on any atom is -0.490 e. The van der Waals surface area contributed by atoms with Crippen LogP contribution in [-0.2, 0) is 0 Å². The van der Waals surface area contributed by atoms with Gasteiger partial charge in [-0.1, -0.05) is 13.8 Å². The zero-order valence-corrected chi connectivity index (χ0v) is 11.1. The van der Waals surface area contributed by atoms with Crippen LogP contribution in [0.3, 0.4) is 0 Å². The van der Waals surface area contributed by atoms with Gasteiger partial charge in [-0.3, -0.25) is 5.43 Å². The predicted molar refractivity (Wildman–Crippen MR) is 73.7 cm³/mol. The van der Waals surface area contributed by atoms with Gasteiger partial charge in [0.2, 0.25) is 5.71 Å². The zero-order valence-electron chi connectivity index (χ0n) is 11.1. The van der Waals surface area contributed by atoms with Crippen molar-refractivity contribution in [2.45, 2.75) is 32.8 Å². The minimum atomic E-state index is -0.211. The second kappa shape index (κ2) is 7.73. The molecule has 98 valence electrons. The van der Waals surface area contributed by atoms with Crippen LogP contribution in [0.2, 0.25) is 0 Å². The molecule has 0 aromatic heterocycles. The lowest BCUT2D eigenvalue weighted by molar-refractivity contribution is 0.193. The van der Waals surface area contributed by atoms with Gasteiger partial charge in [0.05, 0.1) is 11.8 Å². The second-order valence-electron chi connectivity index (χ2n) is 3.88. The predicted octanol–water partition coefficient (Wildman–Crippen LogP) is 3.07. The van der Waals surface area contributed by atoms with Crippen molar-refractivity contribution >= 4 is 11.4 Å². The van der Waals surface area contributed by atoms with Crippen molar-refractivity contribution in [2.75, 3.05) is 5.43 Å². The summed E-state index contributed by atoms with van der Waals surface area (Å²) in [5, 5.41) is 20.7. The van der Waals surface area contributed by atoms with Crippen LogP contribution in [0.5, 0.6) is 5.75 Å². The van der Waals surface area contributed by atoms with Gasteiger partial charge >= 0.3 is 0 Å². The van der Waals surface area contributed by atoms with Gasteiger partial charge in [-0.2, -0.15) is 15.6 Å². The highest BCUT2D eigenvalue weighted by molar-refractivity contribution is 6.10. The van der Waals surface area contributed by atoms with Gasteiger partial charge in [-0.25, -0.2) is 0 Å². The SMILES string of the molecule is CCC(CC)Oc1ccc(NN=C(C#N)C#N)cc1. The molecule has 1 N–H and O–H groups in total. The Labute approximate surface area is 113 Å². The summed E-state index contributed by atoms with van der Waals surface area (Å²) >= 11 is 0. The average Bonchev–Trinajstić information content (AvgIpc) is 2.47. The highest BCUT2D eigenvalue weighted by Crippen LogP contribution is 2.18. The molecule has 1 rings (SSSR count). The molecule has 0 saturated carbocycles. The fraction of sp³-hybridized carbons (Fsp3) is 0.357. The number of nitrogens with zero attached hydrogens (tertiary/aromatic N) is 3. The lowest BCUT2D eigenvalue weighted by atomic mass is 10.2. The fourth-order valence-electron chi connectivity index (χ4n) is 1.45. The number of hydrazone groups is 1. The van der Waals surface area contributed by atoms with Gasteiger partial charge in [-0.15, -0.1) is 0 Å². The van der Waals surface area contributed by atoms with E-state index in [0.29, 0.717) is 5.69 Å². The molecule has 1 aromatic carbocycles. The molecule has 0 aliphatic heterocycles. The topological polar surface area (TPSA) is 81.2 Å². The van der Waals surface area contributed by atoms with Crippen LogP contribution < -0.4 is 10.2 Å². The lowest BCUT2D eigenvalue weighted by Crippen LogP contribution is -2.13. The molecule has 0 fully saturated rings. The van der Waals surface area contributed by atoms with E-state index in [2.05, 4.69) is 24.4 Å². The van der Waals surface area contributed by atoms with E-state index in [0.717, 1.165) is 18.6 Å². The molecule has 0 unspecified atom stereocenters. The van der Waals surface area contributed by atoms with Gasteiger partial charge in [0.15, 0.2) is 0 Å². The van der Waals surface area contributed by atoms with Crippen molar-refractivity contribution in [3.63, 3.8) is 0 Å². The third kappa shape index (κ3) is 4.69. The van der Waals surface area contributed by atoms with Gasteiger partial charge in [0, 0.05) is 0 Å². The van der Waals surface area contributed by atoms with Crippen LogP contribution >= 0.6 is 0 Å². The molecule has 0 bridgehead atoms. The molecule has 0 radical (unpaired) electrons. The molecule has 19 heavy (non-hydrogen) atoms. The van der Waals surface area contributed by atoms with E-state index in [-0.39, 0.29) is 11.8 Å². The Balaban J connectivity index is 2.65. The molecule has 0 aliphatic carbocycles. The first kappa shape index (κ1) is 14.5. The maximum Gasteiger partial charge on any atom is 0.237 e. The van der Waals surface area contributed by atoms with E-state index in [1.807, 2.05) is 12.1 Å². The number of benzene rings is 1. The third-order valence-electron chi connectivity index (χ3n) is 2.58. The van der Waals surface area contributed by atoms with E-state index in [4.69, 9.17) is 15.3 Å². The third-order valence-corrected chi connectivity index (χ3v) is 2.58. The highest BCUT2D eigenvalue weighted by atomic mass is 16.5. The van der Waals surface area contributed by atoms with Gasteiger partial charge < -0.3 is 4.74 Å². The molecular weight excluding hydrogens is 240 g/mol. The number of hydrogen-bond donors (Lipinski definition) is 1. The molecule has 0 spiro atoms. The molecule has 0 aliphatic rings. The Bertz CT molecular complexity index is 488. The standard InChI is InChI=1S/C14H16N4O/c1-3-13(4-2)19-14-7-5-11(6-8-14)17-18-12(9-15)10-16/h5-8,13,17H,3-4H2,1-2H3. The summed E-state index contributed by atoms with van der Waals surface area (Å²) in [6.07, 6.45) is 2.16. The highest BCUT2D eigenvalue weighted by Gasteiger charge is 2.04. The van der Waals surface area contributed by atoms with Crippen molar-refractivity contribution in [3.05, 3.63) is 24.3 Å². The number of rotatable bonds is 6. The molecule has 0 saturated heterocycles. The van der Waals surface area contributed by atoms with Crippen molar-refractivity contribution in [3.8, 4) is 17.9 Å². The molecular formula is C14H16N4O. The van der Waals surface area contributed by atoms with Crippen molar-refractivity contribution in [1.29, 1.82) is 10.5 Å². The Morgan fingerprint density at radius 2 is 1.79 bits per heavy atom. The first-order chi connectivity index (χ1) is 9.23. The molecule has 0 amide bonds. The van der Waals surface area contributed by atoms with Crippen LogP contribution in [0.4, 0.5) is 5.69 Å². The minimum absolute atomic E-state index is 0.211. The fourth-order valence-corrected chi connectivity index (χ4v) is 1.45. The Morgan fingerprint density at radius 1 is 1.21 bits per heavy atom. The monoisotopic (exact) mass is 256 g/mol. The maximum absolute atomic E-state index is 8.54. The van der Waals surface area contributed by atoms with Crippen molar-refractivity contribution in [2.24, 2.45) is 5.10 Å². The molecule has 0 heterocycles. The van der Waals surface area contributed by atoms with Gasteiger partial charge in [-0.05, 0) is 37.1 Å². The summed E-state index contributed by atoms with van der Waals surface area (Å²) in [7, 11) is 0. The van der Waals surface area contributed by atoms with E-state index < -0.39 is 0 Å². The number of ether oxygens (including phenoxy) is 1. The largest absolute Gasteiger partial charge is 0.490 e. The van der Waals surface area contributed by atoms with Gasteiger partial charge in [0.1, 0.15) is 17.9 Å². The number of hydrogen-bond acceptors (Lipinski definition) is 5. The van der Waals surface area contributed by atoms with Crippen molar-refractivity contribution in [1.82, 2.24) is 0 Å².